The number of aliphatic carboxylic acids is 1. The van der Waals surface area contributed by atoms with Crippen LogP contribution in [0.15, 0.2) is 11.6 Å². The minimum Gasteiger partial charge on any atom is -0.478 e. The second-order valence-corrected chi connectivity index (χ2v) is 10.5. The Hall–Kier alpha value is -1.89. The van der Waals surface area contributed by atoms with Gasteiger partial charge in [0.15, 0.2) is 0 Å². The predicted octanol–water partition coefficient (Wildman–Crippen LogP) is 3.29. The minimum absolute atomic E-state index is 0.0225. The van der Waals surface area contributed by atoms with Crippen molar-refractivity contribution in [3.63, 3.8) is 0 Å². The van der Waals surface area contributed by atoms with Gasteiger partial charge in [-0.1, -0.05) is 47.1 Å². The zero-order valence-corrected chi connectivity index (χ0v) is 20.9. The van der Waals surface area contributed by atoms with Gasteiger partial charge in [-0.05, 0) is 51.5 Å². The zero-order valence-electron chi connectivity index (χ0n) is 20.9. The molecule has 7 heteroatoms. The number of hydrogen-bond donors (Lipinski definition) is 2. The van der Waals surface area contributed by atoms with E-state index in [1.54, 1.807) is 18.0 Å². The summed E-state index contributed by atoms with van der Waals surface area (Å²) >= 11 is 0. The van der Waals surface area contributed by atoms with Crippen LogP contribution in [0.3, 0.4) is 0 Å². The minimum atomic E-state index is -1.00. The zero-order chi connectivity index (χ0) is 24.1. The first-order chi connectivity index (χ1) is 14.2. The van der Waals surface area contributed by atoms with Crippen molar-refractivity contribution in [2.75, 3.05) is 13.6 Å². The summed E-state index contributed by atoms with van der Waals surface area (Å²) < 4.78 is 0. The Morgan fingerprint density at radius 2 is 1.71 bits per heavy atom. The van der Waals surface area contributed by atoms with Crippen LogP contribution in [-0.2, 0) is 14.4 Å². The number of nitrogens with zero attached hydrogens (tertiary/aromatic N) is 2. The van der Waals surface area contributed by atoms with E-state index in [0.717, 1.165) is 25.8 Å². The molecule has 0 aromatic carbocycles. The van der Waals surface area contributed by atoms with Gasteiger partial charge < -0.3 is 15.3 Å². The molecule has 0 bridgehead atoms. The first-order valence-electron chi connectivity index (χ1n) is 11.4. The van der Waals surface area contributed by atoms with Crippen LogP contribution >= 0.6 is 0 Å². The fraction of sp³-hybridized carbons (Fsp3) is 0.792. The van der Waals surface area contributed by atoms with Crippen molar-refractivity contribution in [2.45, 2.75) is 98.8 Å². The summed E-state index contributed by atoms with van der Waals surface area (Å²) in [5.74, 6) is -1.29. The highest BCUT2D eigenvalue weighted by Gasteiger charge is 2.39. The van der Waals surface area contributed by atoms with Gasteiger partial charge in [0, 0.05) is 18.7 Å². The molecular formula is C24H43N3O4. The molecule has 0 saturated carbocycles. The van der Waals surface area contributed by atoms with Crippen LogP contribution in [0.2, 0.25) is 0 Å². The van der Waals surface area contributed by atoms with E-state index in [1.807, 2.05) is 34.6 Å². The molecule has 7 nitrogen and oxygen atoms in total. The Kier molecular flexibility index (Phi) is 9.73. The standard InChI is InChI=1S/C24H43N3O4/c1-15(2)19(14-17(5)23(30)31)26(9)22(29)20(24(6,7)8)25-21(28)18-12-10-11-13-27(18)16(3)4/h14-16,18-20H,10-13H2,1-9H3,(H,25,28)(H,30,31)/t18-,19?,20-/m0/s1. The average Bonchev–Trinajstić information content (AvgIpc) is 2.67. The second kappa shape index (κ2) is 11.1. The number of carbonyl (C=O) groups is 3. The third-order valence-electron chi connectivity index (χ3n) is 6.15. The van der Waals surface area contributed by atoms with E-state index in [9.17, 15) is 19.5 Å². The summed E-state index contributed by atoms with van der Waals surface area (Å²) in [5.41, 5.74) is -0.296. The number of piperidine rings is 1. The third-order valence-corrected chi connectivity index (χ3v) is 6.15. The lowest BCUT2D eigenvalue weighted by Gasteiger charge is -2.41. The highest BCUT2D eigenvalue weighted by molar-refractivity contribution is 5.91. The molecule has 178 valence electrons. The van der Waals surface area contributed by atoms with Gasteiger partial charge >= 0.3 is 5.97 Å². The van der Waals surface area contributed by atoms with E-state index in [4.69, 9.17) is 0 Å². The van der Waals surface area contributed by atoms with Crippen LogP contribution in [0.4, 0.5) is 0 Å². The van der Waals surface area contributed by atoms with Crippen LogP contribution in [-0.4, -0.2) is 70.4 Å². The maximum absolute atomic E-state index is 13.5. The molecule has 1 rings (SSSR count). The maximum atomic E-state index is 13.5. The summed E-state index contributed by atoms with van der Waals surface area (Å²) in [6.07, 6.45) is 4.50. The molecule has 0 spiro atoms. The number of carboxylic acid groups (broad SMARTS) is 1. The van der Waals surface area contributed by atoms with Crippen molar-refractivity contribution in [2.24, 2.45) is 11.3 Å². The lowest BCUT2D eigenvalue weighted by atomic mass is 9.84. The maximum Gasteiger partial charge on any atom is 0.331 e. The van der Waals surface area contributed by atoms with Crippen molar-refractivity contribution in [3.05, 3.63) is 11.6 Å². The number of nitrogens with one attached hydrogen (secondary N) is 1. The Morgan fingerprint density at radius 3 is 2.16 bits per heavy atom. The van der Waals surface area contributed by atoms with Gasteiger partial charge in [-0.15, -0.1) is 0 Å². The molecule has 2 N–H and O–H groups in total. The number of likely N-dealkylation sites (N-methyl/N-ethyl adjacent to an activating group) is 1. The van der Waals surface area contributed by atoms with E-state index >= 15 is 0 Å². The van der Waals surface area contributed by atoms with Gasteiger partial charge in [-0.25, -0.2) is 4.79 Å². The van der Waals surface area contributed by atoms with E-state index in [0.29, 0.717) is 0 Å². The SMILES string of the molecule is CC(=CC(C(C)C)N(C)C(=O)[C@H](NC(=O)[C@@H]1CCCCN1C(C)C)C(C)(C)C)C(=O)O. The summed E-state index contributed by atoms with van der Waals surface area (Å²) in [7, 11) is 1.69. The highest BCUT2D eigenvalue weighted by Crippen LogP contribution is 2.25. The highest BCUT2D eigenvalue weighted by atomic mass is 16.4. The molecule has 0 aliphatic carbocycles. The predicted molar refractivity (Wildman–Crippen MR) is 124 cm³/mol. The molecule has 1 fully saturated rings. The number of hydrogen-bond acceptors (Lipinski definition) is 4. The molecule has 31 heavy (non-hydrogen) atoms. The molecule has 0 aromatic heterocycles. The summed E-state index contributed by atoms with van der Waals surface area (Å²) in [6, 6.07) is -1.06. The van der Waals surface area contributed by atoms with Crippen molar-refractivity contribution in [3.8, 4) is 0 Å². The Morgan fingerprint density at radius 1 is 1.13 bits per heavy atom. The van der Waals surface area contributed by atoms with Gasteiger partial charge in [0.2, 0.25) is 11.8 Å². The van der Waals surface area contributed by atoms with E-state index in [1.165, 1.54) is 6.92 Å². The van der Waals surface area contributed by atoms with E-state index in [-0.39, 0.29) is 41.4 Å². The molecular weight excluding hydrogens is 394 g/mol. The molecule has 0 radical (unpaired) electrons. The summed E-state index contributed by atoms with van der Waals surface area (Å²) in [6.45, 7) is 16.3. The van der Waals surface area contributed by atoms with Crippen molar-refractivity contribution in [1.29, 1.82) is 0 Å². The Bertz CT molecular complexity index is 679. The molecule has 1 aliphatic rings. The van der Waals surface area contributed by atoms with Gasteiger partial charge in [-0.3, -0.25) is 14.5 Å². The molecule has 1 heterocycles. The molecule has 1 unspecified atom stereocenters. The quantitative estimate of drug-likeness (QED) is 0.569. The number of rotatable bonds is 8. The lowest BCUT2D eigenvalue weighted by Crippen LogP contribution is -2.60. The first kappa shape index (κ1) is 27.1. The second-order valence-electron chi connectivity index (χ2n) is 10.5. The van der Waals surface area contributed by atoms with Crippen LogP contribution in [0.25, 0.3) is 0 Å². The van der Waals surface area contributed by atoms with Crippen LogP contribution in [0, 0.1) is 11.3 Å². The van der Waals surface area contributed by atoms with Crippen LogP contribution < -0.4 is 5.32 Å². The Labute approximate surface area is 188 Å². The van der Waals surface area contributed by atoms with Crippen LogP contribution in [0.1, 0.15) is 74.7 Å². The molecule has 2 amide bonds. The fourth-order valence-electron chi connectivity index (χ4n) is 4.17. The van der Waals surface area contributed by atoms with Crippen molar-refractivity contribution >= 4 is 17.8 Å². The fourth-order valence-corrected chi connectivity index (χ4v) is 4.17. The average molecular weight is 438 g/mol. The smallest absolute Gasteiger partial charge is 0.331 e. The monoisotopic (exact) mass is 437 g/mol. The summed E-state index contributed by atoms with van der Waals surface area (Å²) in [4.78, 5) is 41.9. The van der Waals surface area contributed by atoms with E-state index < -0.39 is 17.4 Å². The number of likely N-dealkylation sites (tertiary alicyclic amines) is 1. The molecule has 1 aliphatic heterocycles. The topological polar surface area (TPSA) is 90.0 Å². The van der Waals surface area contributed by atoms with Gasteiger partial charge in [0.05, 0.1) is 12.1 Å². The van der Waals surface area contributed by atoms with Gasteiger partial charge in [0.1, 0.15) is 6.04 Å². The van der Waals surface area contributed by atoms with E-state index in [2.05, 4.69) is 24.1 Å². The lowest BCUT2D eigenvalue weighted by molar-refractivity contribution is -0.142. The molecule has 1 saturated heterocycles. The van der Waals surface area contributed by atoms with Crippen molar-refractivity contribution < 1.29 is 19.5 Å². The van der Waals surface area contributed by atoms with Crippen LogP contribution in [0.5, 0.6) is 0 Å². The van der Waals surface area contributed by atoms with Gasteiger partial charge in [-0.2, -0.15) is 0 Å². The molecule has 3 atom stereocenters. The Balaban J connectivity index is 3.15. The molecule has 0 aromatic rings. The third kappa shape index (κ3) is 7.34. The largest absolute Gasteiger partial charge is 0.478 e. The number of amides is 2. The van der Waals surface area contributed by atoms with Crippen molar-refractivity contribution in [1.82, 2.24) is 15.1 Å². The number of carbonyl (C=O) groups excluding carboxylic acids is 2. The first-order valence-corrected chi connectivity index (χ1v) is 11.4. The van der Waals surface area contributed by atoms with Gasteiger partial charge in [0.25, 0.3) is 0 Å². The normalized spacial score (nSPS) is 20.5. The summed E-state index contributed by atoms with van der Waals surface area (Å²) in [5, 5.41) is 12.3. The number of carboxylic acids is 1.